The van der Waals surface area contributed by atoms with Crippen LogP contribution < -0.4 is 11.1 Å². The molecular weight excluding hydrogens is 397 g/mol. The van der Waals surface area contributed by atoms with E-state index in [1.165, 1.54) is 18.3 Å². The number of amides is 1. The number of amidine groups is 1. The van der Waals surface area contributed by atoms with Crippen LogP contribution in [-0.2, 0) is 4.74 Å². The molecule has 0 radical (unpaired) electrons. The Morgan fingerprint density at radius 3 is 2.77 bits per heavy atom. The van der Waals surface area contributed by atoms with Gasteiger partial charge < -0.3 is 15.8 Å². The van der Waals surface area contributed by atoms with Gasteiger partial charge in [-0.25, -0.2) is 23.1 Å². The smallest absolute Gasteiger partial charge is 0.307 e. The highest BCUT2D eigenvalue weighted by atomic mass is 19.3. The molecule has 2 heterocycles. The van der Waals surface area contributed by atoms with Crippen molar-refractivity contribution in [3.8, 4) is 11.8 Å². The van der Waals surface area contributed by atoms with Gasteiger partial charge in [-0.3, -0.25) is 4.79 Å². The van der Waals surface area contributed by atoms with E-state index in [4.69, 9.17) is 5.73 Å². The molecule has 1 aliphatic carbocycles. The number of nitrogens with two attached hydrogens (primary N) is 1. The summed E-state index contributed by atoms with van der Waals surface area (Å²) in [6.07, 6.45) is 3.71. The van der Waals surface area contributed by atoms with Gasteiger partial charge in [0.1, 0.15) is 11.5 Å². The summed E-state index contributed by atoms with van der Waals surface area (Å²) < 4.78 is 47.1. The second kappa shape index (κ2) is 7.71. The van der Waals surface area contributed by atoms with Crippen molar-refractivity contribution in [3.05, 3.63) is 59.2 Å². The standard InChI is InChI=1S/C21H17F3N4O2/c22-16-7-6-14(9-15(16)18-21(23,24)11-30-20(25)28-18)27-19(29)17-8-5-13(10-26-17)4-3-12-1-2-12/h5-10,12,18H,1-2,11H2,(H2,25,28)(H,27,29). The van der Waals surface area contributed by atoms with Gasteiger partial charge in [0, 0.05) is 28.9 Å². The SMILES string of the molecule is NC1=NC(c2cc(NC(=O)c3ccc(C#CC4CC4)cn3)ccc2F)C(F)(F)CO1. The van der Waals surface area contributed by atoms with Crippen molar-refractivity contribution in [3.63, 3.8) is 0 Å². The molecule has 1 unspecified atom stereocenters. The highest BCUT2D eigenvalue weighted by Gasteiger charge is 2.46. The van der Waals surface area contributed by atoms with E-state index in [2.05, 4.69) is 31.9 Å². The third-order valence-electron chi connectivity index (χ3n) is 4.61. The molecule has 9 heteroatoms. The van der Waals surface area contributed by atoms with Gasteiger partial charge in [0.05, 0.1) is 0 Å². The van der Waals surface area contributed by atoms with E-state index in [0.717, 1.165) is 25.0 Å². The number of anilines is 1. The lowest BCUT2D eigenvalue weighted by Gasteiger charge is -2.28. The molecule has 154 valence electrons. The first-order valence-electron chi connectivity index (χ1n) is 9.24. The quantitative estimate of drug-likeness (QED) is 0.755. The molecule has 30 heavy (non-hydrogen) atoms. The number of carbonyl (C=O) groups excluding carboxylic acids is 1. The van der Waals surface area contributed by atoms with Gasteiger partial charge >= 0.3 is 5.92 Å². The molecule has 0 saturated heterocycles. The van der Waals surface area contributed by atoms with Crippen LogP contribution in [0.4, 0.5) is 18.9 Å². The lowest BCUT2D eigenvalue weighted by molar-refractivity contribution is -0.0788. The fourth-order valence-corrected chi connectivity index (χ4v) is 2.85. The molecule has 3 N–H and O–H groups in total. The van der Waals surface area contributed by atoms with Gasteiger partial charge in [-0.2, -0.15) is 0 Å². The second-order valence-electron chi connectivity index (χ2n) is 7.09. The Hall–Kier alpha value is -3.54. The summed E-state index contributed by atoms with van der Waals surface area (Å²) >= 11 is 0. The Kier molecular flexibility index (Phi) is 5.08. The summed E-state index contributed by atoms with van der Waals surface area (Å²) in [6.45, 7) is -1.01. The Morgan fingerprint density at radius 2 is 2.07 bits per heavy atom. The van der Waals surface area contributed by atoms with Crippen molar-refractivity contribution in [2.45, 2.75) is 24.8 Å². The summed E-state index contributed by atoms with van der Waals surface area (Å²) in [4.78, 5) is 20.0. The molecule has 1 amide bonds. The average molecular weight is 414 g/mol. The minimum absolute atomic E-state index is 0.108. The number of ether oxygens (including phenoxy) is 1. The van der Waals surface area contributed by atoms with Crippen LogP contribution in [-0.4, -0.2) is 29.4 Å². The topological polar surface area (TPSA) is 89.6 Å². The van der Waals surface area contributed by atoms with Crippen molar-refractivity contribution < 1.29 is 22.7 Å². The summed E-state index contributed by atoms with van der Waals surface area (Å²) in [7, 11) is 0. The maximum atomic E-state index is 14.2. The number of aromatic nitrogens is 1. The summed E-state index contributed by atoms with van der Waals surface area (Å²) in [5.74, 6) is 1.62. The number of halogens is 3. The number of nitrogens with zero attached hydrogens (tertiary/aromatic N) is 2. The third-order valence-corrected chi connectivity index (χ3v) is 4.61. The Balaban J connectivity index is 1.52. The van der Waals surface area contributed by atoms with E-state index in [1.54, 1.807) is 6.07 Å². The fourth-order valence-electron chi connectivity index (χ4n) is 2.85. The lowest BCUT2D eigenvalue weighted by atomic mass is 9.99. The maximum absolute atomic E-state index is 14.2. The molecule has 2 aliphatic rings. The molecule has 0 spiro atoms. The van der Waals surface area contributed by atoms with Crippen molar-refractivity contribution in [2.75, 3.05) is 11.9 Å². The monoisotopic (exact) mass is 414 g/mol. The zero-order valence-electron chi connectivity index (χ0n) is 15.7. The summed E-state index contributed by atoms with van der Waals surface area (Å²) in [5.41, 5.74) is 5.89. The number of hydrogen-bond donors (Lipinski definition) is 2. The summed E-state index contributed by atoms with van der Waals surface area (Å²) in [6, 6.07) is 4.22. The van der Waals surface area contributed by atoms with Crippen LogP contribution in [0.3, 0.4) is 0 Å². The number of alkyl halides is 2. The van der Waals surface area contributed by atoms with Gasteiger partial charge in [-0.1, -0.05) is 11.8 Å². The van der Waals surface area contributed by atoms with Crippen molar-refractivity contribution in [1.82, 2.24) is 4.98 Å². The van der Waals surface area contributed by atoms with E-state index >= 15 is 0 Å². The van der Waals surface area contributed by atoms with Crippen molar-refractivity contribution in [2.24, 2.45) is 16.6 Å². The number of pyridine rings is 1. The van der Waals surface area contributed by atoms with E-state index in [9.17, 15) is 18.0 Å². The van der Waals surface area contributed by atoms with E-state index < -0.39 is 41.9 Å². The average Bonchev–Trinajstić information content (AvgIpc) is 3.55. The molecule has 1 atom stereocenters. The number of benzene rings is 1. The molecule has 0 bridgehead atoms. The third kappa shape index (κ3) is 4.38. The van der Waals surface area contributed by atoms with Crippen LogP contribution in [0.15, 0.2) is 41.5 Å². The minimum Gasteiger partial charge on any atom is -0.459 e. The van der Waals surface area contributed by atoms with Gasteiger partial charge in [0.25, 0.3) is 11.9 Å². The first kappa shape index (κ1) is 19.8. The van der Waals surface area contributed by atoms with Gasteiger partial charge in [-0.15, -0.1) is 0 Å². The van der Waals surface area contributed by atoms with Crippen LogP contribution in [0.25, 0.3) is 0 Å². The first-order chi connectivity index (χ1) is 14.3. The van der Waals surface area contributed by atoms with Crippen LogP contribution >= 0.6 is 0 Å². The molecule has 4 rings (SSSR count). The second-order valence-corrected chi connectivity index (χ2v) is 7.09. The molecule has 1 aromatic heterocycles. The molecular formula is C21H17F3N4O2. The molecule has 1 aromatic carbocycles. The number of hydrogen-bond acceptors (Lipinski definition) is 5. The predicted molar refractivity (Wildman–Crippen MR) is 103 cm³/mol. The molecule has 2 aromatic rings. The highest BCUT2D eigenvalue weighted by molar-refractivity contribution is 6.02. The highest BCUT2D eigenvalue weighted by Crippen LogP contribution is 2.39. The van der Waals surface area contributed by atoms with Crippen LogP contribution in [0.2, 0.25) is 0 Å². The molecule has 1 saturated carbocycles. The van der Waals surface area contributed by atoms with Crippen LogP contribution in [0.5, 0.6) is 0 Å². The Morgan fingerprint density at radius 1 is 1.27 bits per heavy atom. The number of nitrogens with one attached hydrogen (secondary N) is 1. The fraction of sp³-hybridized carbons (Fsp3) is 0.286. The molecule has 1 fully saturated rings. The number of carbonyl (C=O) groups is 1. The van der Waals surface area contributed by atoms with E-state index in [1.807, 2.05) is 0 Å². The first-order valence-corrected chi connectivity index (χ1v) is 9.24. The largest absolute Gasteiger partial charge is 0.459 e. The van der Waals surface area contributed by atoms with Gasteiger partial charge in [0.2, 0.25) is 0 Å². The van der Waals surface area contributed by atoms with E-state index in [0.29, 0.717) is 11.5 Å². The van der Waals surface area contributed by atoms with Crippen molar-refractivity contribution in [1.29, 1.82) is 0 Å². The number of aliphatic imine (C=N–C) groups is 1. The van der Waals surface area contributed by atoms with E-state index in [-0.39, 0.29) is 11.4 Å². The minimum atomic E-state index is -3.45. The number of rotatable bonds is 3. The molecule has 1 aliphatic heterocycles. The molecule has 6 nitrogen and oxygen atoms in total. The zero-order valence-corrected chi connectivity index (χ0v) is 15.7. The van der Waals surface area contributed by atoms with Gasteiger partial charge in [0.15, 0.2) is 12.6 Å². The van der Waals surface area contributed by atoms with Gasteiger partial charge in [-0.05, 0) is 43.2 Å². The van der Waals surface area contributed by atoms with Crippen LogP contribution in [0.1, 0.15) is 40.5 Å². The lowest BCUT2D eigenvalue weighted by Crippen LogP contribution is -2.40. The Labute approximate surface area is 170 Å². The predicted octanol–water partition coefficient (Wildman–Crippen LogP) is 3.26. The van der Waals surface area contributed by atoms with Crippen LogP contribution in [0, 0.1) is 23.6 Å². The Bertz CT molecular complexity index is 1070. The van der Waals surface area contributed by atoms with Crippen molar-refractivity contribution >= 4 is 17.6 Å². The normalized spacial score (nSPS) is 19.7. The zero-order chi connectivity index (χ0) is 21.3. The summed E-state index contributed by atoms with van der Waals surface area (Å²) in [5, 5.41) is 2.52. The maximum Gasteiger partial charge on any atom is 0.307 e.